The lowest BCUT2D eigenvalue weighted by Gasteiger charge is -2.17. The molecular weight excluding hydrogens is 232 g/mol. The zero-order chi connectivity index (χ0) is 13.5. The molecule has 0 heterocycles. The molecular formula is C13H18N2O3. The van der Waals surface area contributed by atoms with E-state index in [9.17, 15) is 9.59 Å². The number of hydrogen-bond donors (Lipinski definition) is 2. The maximum absolute atomic E-state index is 11.5. The third-order valence-electron chi connectivity index (χ3n) is 2.62. The molecule has 1 aromatic carbocycles. The summed E-state index contributed by atoms with van der Waals surface area (Å²) >= 11 is 0. The molecule has 4 N–H and O–H groups in total. The zero-order valence-electron chi connectivity index (χ0n) is 10.4. The lowest BCUT2D eigenvalue weighted by molar-refractivity contribution is -0.120. The van der Waals surface area contributed by atoms with Gasteiger partial charge >= 0.3 is 0 Å². The van der Waals surface area contributed by atoms with Crippen LogP contribution in [0, 0.1) is 0 Å². The summed E-state index contributed by atoms with van der Waals surface area (Å²) in [6.07, 6.45) is 0.419. The van der Waals surface area contributed by atoms with Crippen molar-refractivity contribution in [3.8, 4) is 5.75 Å². The van der Waals surface area contributed by atoms with Crippen molar-refractivity contribution in [3.63, 3.8) is 0 Å². The van der Waals surface area contributed by atoms with Gasteiger partial charge in [0.1, 0.15) is 5.75 Å². The zero-order valence-corrected chi connectivity index (χ0v) is 10.4. The second kappa shape index (κ2) is 6.64. The number of hydrogen-bond acceptors (Lipinski definition) is 3. The molecule has 0 radical (unpaired) electrons. The van der Waals surface area contributed by atoms with E-state index in [0.717, 1.165) is 0 Å². The molecule has 0 saturated carbocycles. The van der Waals surface area contributed by atoms with Crippen LogP contribution in [0.15, 0.2) is 24.3 Å². The third-order valence-corrected chi connectivity index (χ3v) is 2.62. The summed E-state index contributed by atoms with van der Waals surface area (Å²) in [5.74, 6) is -0.868. The van der Waals surface area contributed by atoms with Crippen molar-refractivity contribution in [1.29, 1.82) is 0 Å². The highest BCUT2D eigenvalue weighted by Gasteiger charge is 2.21. The lowest BCUT2D eigenvalue weighted by atomic mass is 9.92. The average Bonchev–Trinajstić information content (AvgIpc) is 2.31. The number of carbonyl (C=O) groups is 2. The van der Waals surface area contributed by atoms with Crippen LogP contribution in [0.1, 0.15) is 31.2 Å². The predicted octanol–water partition coefficient (Wildman–Crippen LogP) is 0.920. The maximum Gasteiger partial charge on any atom is 0.225 e. The Balaban J connectivity index is 2.97. The number of para-hydroxylation sites is 1. The molecule has 5 nitrogen and oxygen atoms in total. The second-order valence-electron chi connectivity index (χ2n) is 3.93. The van der Waals surface area contributed by atoms with E-state index in [2.05, 4.69) is 0 Å². The average molecular weight is 250 g/mol. The SMILES string of the molecule is CCOc1ccccc1C(CCC(N)=O)C(N)=O. The summed E-state index contributed by atoms with van der Waals surface area (Å²) in [5, 5.41) is 0. The smallest absolute Gasteiger partial charge is 0.225 e. The number of amides is 2. The van der Waals surface area contributed by atoms with Gasteiger partial charge in [0.2, 0.25) is 11.8 Å². The minimum absolute atomic E-state index is 0.119. The molecule has 18 heavy (non-hydrogen) atoms. The molecule has 1 unspecified atom stereocenters. The van der Waals surface area contributed by atoms with Crippen LogP contribution in [-0.4, -0.2) is 18.4 Å². The van der Waals surface area contributed by atoms with Gasteiger partial charge in [-0.15, -0.1) is 0 Å². The first-order valence-electron chi connectivity index (χ1n) is 5.85. The van der Waals surface area contributed by atoms with Crippen LogP contribution < -0.4 is 16.2 Å². The summed E-state index contributed by atoms with van der Waals surface area (Å²) in [6.45, 7) is 2.36. The number of nitrogens with two attached hydrogens (primary N) is 2. The van der Waals surface area contributed by atoms with E-state index < -0.39 is 17.7 Å². The number of primary amides is 2. The number of rotatable bonds is 7. The van der Waals surface area contributed by atoms with Crippen LogP contribution in [0.4, 0.5) is 0 Å². The monoisotopic (exact) mass is 250 g/mol. The number of carbonyl (C=O) groups excluding carboxylic acids is 2. The Labute approximate surface area is 106 Å². The molecule has 0 spiro atoms. The highest BCUT2D eigenvalue weighted by Crippen LogP contribution is 2.29. The molecule has 0 saturated heterocycles. The Morgan fingerprint density at radius 1 is 1.28 bits per heavy atom. The van der Waals surface area contributed by atoms with Crippen LogP contribution in [-0.2, 0) is 9.59 Å². The van der Waals surface area contributed by atoms with E-state index in [4.69, 9.17) is 16.2 Å². The van der Waals surface area contributed by atoms with Gasteiger partial charge in [-0.3, -0.25) is 9.59 Å². The first kappa shape index (κ1) is 14.0. The highest BCUT2D eigenvalue weighted by molar-refractivity contribution is 5.84. The van der Waals surface area contributed by atoms with Crippen molar-refractivity contribution in [2.75, 3.05) is 6.61 Å². The summed E-state index contributed by atoms with van der Waals surface area (Å²) in [4.78, 5) is 22.3. The van der Waals surface area contributed by atoms with Gasteiger partial charge < -0.3 is 16.2 Å². The predicted molar refractivity (Wildman–Crippen MR) is 68.0 cm³/mol. The van der Waals surface area contributed by atoms with Gasteiger partial charge in [-0.1, -0.05) is 18.2 Å². The fourth-order valence-corrected chi connectivity index (χ4v) is 1.79. The van der Waals surface area contributed by atoms with E-state index >= 15 is 0 Å². The van der Waals surface area contributed by atoms with E-state index in [1.165, 1.54) is 0 Å². The van der Waals surface area contributed by atoms with Gasteiger partial charge in [0.15, 0.2) is 0 Å². The summed E-state index contributed by atoms with van der Waals surface area (Å²) in [5.41, 5.74) is 11.2. The molecule has 2 amide bonds. The van der Waals surface area contributed by atoms with Crippen molar-refractivity contribution in [1.82, 2.24) is 0 Å². The highest BCUT2D eigenvalue weighted by atomic mass is 16.5. The molecule has 0 aliphatic rings. The van der Waals surface area contributed by atoms with Crippen molar-refractivity contribution >= 4 is 11.8 Å². The topological polar surface area (TPSA) is 95.4 Å². The van der Waals surface area contributed by atoms with Crippen LogP contribution in [0.2, 0.25) is 0 Å². The molecule has 5 heteroatoms. The van der Waals surface area contributed by atoms with Gasteiger partial charge in [0.05, 0.1) is 12.5 Å². The maximum atomic E-state index is 11.5. The standard InChI is InChI=1S/C13H18N2O3/c1-2-18-11-6-4-3-5-9(11)10(13(15)17)7-8-12(14)16/h3-6,10H,2,7-8H2,1H3,(H2,14,16)(H2,15,17). The molecule has 1 rings (SSSR count). The first-order valence-corrected chi connectivity index (χ1v) is 5.85. The number of benzene rings is 1. The van der Waals surface area contributed by atoms with Gasteiger partial charge in [-0.2, -0.15) is 0 Å². The van der Waals surface area contributed by atoms with Crippen molar-refractivity contribution in [3.05, 3.63) is 29.8 Å². The van der Waals surface area contributed by atoms with Gasteiger partial charge in [0.25, 0.3) is 0 Å². The van der Waals surface area contributed by atoms with Crippen LogP contribution in [0.25, 0.3) is 0 Å². The van der Waals surface area contributed by atoms with Crippen LogP contribution in [0.5, 0.6) is 5.75 Å². The molecule has 0 fully saturated rings. The molecule has 0 bridgehead atoms. The third kappa shape index (κ3) is 3.76. The normalized spacial score (nSPS) is 11.8. The van der Waals surface area contributed by atoms with E-state index in [1.807, 2.05) is 13.0 Å². The minimum Gasteiger partial charge on any atom is -0.494 e. The molecule has 1 atom stereocenters. The molecule has 1 aromatic rings. The quantitative estimate of drug-likeness (QED) is 0.753. The van der Waals surface area contributed by atoms with E-state index in [0.29, 0.717) is 24.3 Å². The van der Waals surface area contributed by atoms with Gasteiger partial charge in [-0.05, 0) is 19.4 Å². The van der Waals surface area contributed by atoms with Crippen LogP contribution in [0.3, 0.4) is 0 Å². The Hall–Kier alpha value is -2.04. The second-order valence-corrected chi connectivity index (χ2v) is 3.93. The Bertz CT molecular complexity index is 432. The van der Waals surface area contributed by atoms with E-state index in [-0.39, 0.29) is 6.42 Å². The van der Waals surface area contributed by atoms with Gasteiger partial charge in [0, 0.05) is 12.0 Å². The van der Waals surface area contributed by atoms with E-state index in [1.54, 1.807) is 18.2 Å². The van der Waals surface area contributed by atoms with Crippen LogP contribution >= 0.6 is 0 Å². The van der Waals surface area contributed by atoms with Gasteiger partial charge in [-0.25, -0.2) is 0 Å². The minimum atomic E-state index is -0.555. The lowest BCUT2D eigenvalue weighted by Crippen LogP contribution is -2.24. The number of ether oxygens (including phenoxy) is 1. The summed E-state index contributed by atoms with van der Waals surface area (Å²) in [7, 11) is 0. The Morgan fingerprint density at radius 2 is 1.94 bits per heavy atom. The molecule has 98 valence electrons. The van der Waals surface area contributed by atoms with Crippen molar-refractivity contribution < 1.29 is 14.3 Å². The Morgan fingerprint density at radius 3 is 2.50 bits per heavy atom. The summed E-state index contributed by atoms with van der Waals surface area (Å²) < 4.78 is 5.45. The fourth-order valence-electron chi connectivity index (χ4n) is 1.79. The molecule has 0 aliphatic heterocycles. The Kier molecular flexibility index (Phi) is 5.17. The summed E-state index contributed by atoms with van der Waals surface area (Å²) in [6, 6.07) is 7.18. The first-order chi connectivity index (χ1) is 8.56. The van der Waals surface area contributed by atoms with Crippen molar-refractivity contribution in [2.24, 2.45) is 11.5 Å². The molecule has 0 aromatic heterocycles. The fraction of sp³-hybridized carbons (Fsp3) is 0.385. The molecule has 0 aliphatic carbocycles. The van der Waals surface area contributed by atoms with Crippen molar-refractivity contribution in [2.45, 2.75) is 25.7 Å². The largest absolute Gasteiger partial charge is 0.494 e.